The van der Waals surface area contributed by atoms with Crippen LogP contribution in [0.3, 0.4) is 0 Å². The molecule has 0 spiro atoms. The van der Waals surface area contributed by atoms with Crippen LogP contribution in [0, 0.1) is 5.92 Å². The molecule has 20 heavy (non-hydrogen) atoms. The summed E-state index contributed by atoms with van der Waals surface area (Å²) < 4.78 is 5.25. The van der Waals surface area contributed by atoms with Gasteiger partial charge in [0.05, 0.1) is 6.61 Å². The van der Waals surface area contributed by atoms with E-state index in [2.05, 4.69) is 27.0 Å². The fraction of sp³-hybridized carbons (Fsp3) is 0.933. The van der Waals surface area contributed by atoms with Crippen molar-refractivity contribution < 1.29 is 4.74 Å². The van der Waals surface area contributed by atoms with E-state index in [4.69, 9.17) is 4.74 Å². The van der Waals surface area contributed by atoms with Crippen LogP contribution in [0.5, 0.6) is 0 Å². The molecule has 2 rings (SSSR count). The van der Waals surface area contributed by atoms with Gasteiger partial charge in [0, 0.05) is 52.3 Å². The molecule has 1 aliphatic carbocycles. The lowest BCUT2D eigenvalue weighted by Crippen LogP contribution is -2.43. The number of aliphatic imine (C=N–C) groups is 1. The molecule has 0 aromatic rings. The van der Waals surface area contributed by atoms with Crippen molar-refractivity contribution >= 4 is 5.96 Å². The van der Waals surface area contributed by atoms with E-state index in [1.165, 1.54) is 19.3 Å². The van der Waals surface area contributed by atoms with Gasteiger partial charge in [-0.1, -0.05) is 6.92 Å². The van der Waals surface area contributed by atoms with E-state index < -0.39 is 0 Å². The van der Waals surface area contributed by atoms with Crippen molar-refractivity contribution in [1.82, 2.24) is 15.1 Å². The Labute approximate surface area is 123 Å². The lowest BCUT2D eigenvalue weighted by molar-refractivity contribution is 0.157. The highest BCUT2D eigenvalue weighted by molar-refractivity contribution is 5.80. The molecule has 1 heterocycles. The first-order valence-electron chi connectivity index (χ1n) is 7.97. The summed E-state index contributed by atoms with van der Waals surface area (Å²) in [6, 6.07) is 0.849. The minimum Gasteiger partial charge on any atom is -0.384 e. The minimum atomic E-state index is 0.650. The third-order valence-electron chi connectivity index (χ3n) is 4.35. The molecule has 1 aliphatic heterocycles. The van der Waals surface area contributed by atoms with Gasteiger partial charge in [-0.15, -0.1) is 0 Å². The summed E-state index contributed by atoms with van der Waals surface area (Å²) in [6.45, 7) is 8.53. The summed E-state index contributed by atoms with van der Waals surface area (Å²) in [7, 11) is 3.66. The monoisotopic (exact) mass is 282 g/mol. The molecule has 0 aromatic carbocycles. The van der Waals surface area contributed by atoms with Crippen LogP contribution in [0.4, 0.5) is 0 Å². The highest BCUT2D eigenvalue weighted by Crippen LogP contribution is 2.25. The largest absolute Gasteiger partial charge is 0.384 e. The summed E-state index contributed by atoms with van der Waals surface area (Å²) >= 11 is 0. The van der Waals surface area contributed by atoms with Gasteiger partial charge in [0.1, 0.15) is 0 Å². The molecule has 1 atom stereocenters. The number of hydrogen-bond donors (Lipinski definition) is 1. The van der Waals surface area contributed by atoms with Crippen molar-refractivity contribution in [3.05, 3.63) is 0 Å². The number of likely N-dealkylation sites (tertiary alicyclic amines) is 1. The zero-order valence-corrected chi connectivity index (χ0v) is 13.3. The molecule has 0 aromatic heterocycles. The Balaban J connectivity index is 1.70. The number of likely N-dealkylation sites (N-methyl/N-ethyl adjacent to an activating group) is 1. The quantitative estimate of drug-likeness (QED) is 0.559. The van der Waals surface area contributed by atoms with Crippen molar-refractivity contribution in [1.29, 1.82) is 0 Å². The number of hydrogen-bond acceptors (Lipinski definition) is 3. The average Bonchev–Trinajstić information content (AvgIpc) is 3.20. The molecule has 1 saturated heterocycles. The molecule has 0 radical (unpaired) electrons. The number of rotatable bonds is 7. The van der Waals surface area contributed by atoms with Crippen molar-refractivity contribution in [3.63, 3.8) is 0 Å². The summed E-state index contributed by atoms with van der Waals surface area (Å²) in [5, 5.41) is 3.51. The molecule has 5 nitrogen and oxygen atoms in total. The second-order valence-electron chi connectivity index (χ2n) is 5.89. The zero-order chi connectivity index (χ0) is 14.4. The Bertz CT molecular complexity index is 317. The van der Waals surface area contributed by atoms with Crippen LogP contribution in [0.15, 0.2) is 4.99 Å². The Hall–Kier alpha value is -0.810. The normalized spacial score (nSPS) is 23.7. The van der Waals surface area contributed by atoms with Gasteiger partial charge in [-0.05, 0) is 25.8 Å². The molecular weight excluding hydrogens is 252 g/mol. The van der Waals surface area contributed by atoms with Crippen LogP contribution in [0.1, 0.15) is 26.2 Å². The SMILES string of the molecule is CCN(CCNC(=NC)N1CCC(COC)C1)C1CC1. The summed E-state index contributed by atoms with van der Waals surface area (Å²) in [4.78, 5) is 9.35. The molecule has 0 amide bonds. The van der Waals surface area contributed by atoms with E-state index in [0.29, 0.717) is 5.92 Å². The molecule has 0 bridgehead atoms. The van der Waals surface area contributed by atoms with Crippen LogP contribution in [0.2, 0.25) is 0 Å². The number of nitrogens with one attached hydrogen (secondary N) is 1. The van der Waals surface area contributed by atoms with E-state index in [9.17, 15) is 0 Å². The smallest absolute Gasteiger partial charge is 0.193 e. The van der Waals surface area contributed by atoms with Gasteiger partial charge in [-0.3, -0.25) is 9.89 Å². The fourth-order valence-corrected chi connectivity index (χ4v) is 3.08. The lowest BCUT2D eigenvalue weighted by Gasteiger charge is -2.24. The van der Waals surface area contributed by atoms with Gasteiger partial charge in [0.15, 0.2) is 5.96 Å². The Kier molecular flexibility index (Phi) is 6.10. The van der Waals surface area contributed by atoms with Crippen molar-refractivity contribution in [2.75, 3.05) is 53.5 Å². The number of methoxy groups -OCH3 is 1. The maximum absolute atomic E-state index is 5.25. The Morgan fingerprint density at radius 3 is 2.80 bits per heavy atom. The van der Waals surface area contributed by atoms with Crippen molar-refractivity contribution in [3.8, 4) is 0 Å². The second kappa shape index (κ2) is 7.84. The Morgan fingerprint density at radius 2 is 2.20 bits per heavy atom. The van der Waals surface area contributed by atoms with E-state index in [1.54, 1.807) is 7.11 Å². The first kappa shape index (κ1) is 15.6. The summed E-state index contributed by atoms with van der Waals surface area (Å²) in [5.74, 6) is 1.70. The molecule has 116 valence electrons. The van der Waals surface area contributed by atoms with Crippen LogP contribution < -0.4 is 5.32 Å². The molecule has 2 aliphatic rings. The molecule has 1 N–H and O–H groups in total. The third kappa shape index (κ3) is 4.35. The lowest BCUT2D eigenvalue weighted by atomic mass is 10.1. The van der Waals surface area contributed by atoms with E-state index in [1.807, 2.05) is 7.05 Å². The van der Waals surface area contributed by atoms with Gasteiger partial charge in [-0.2, -0.15) is 0 Å². The third-order valence-corrected chi connectivity index (χ3v) is 4.35. The fourth-order valence-electron chi connectivity index (χ4n) is 3.08. The van der Waals surface area contributed by atoms with E-state index in [0.717, 1.165) is 51.3 Å². The summed E-state index contributed by atoms with van der Waals surface area (Å²) in [6.07, 6.45) is 3.97. The Morgan fingerprint density at radius 1 is 1.40 bits per heavy atom. The first-order chi connectivity index (χ1) is 9.78. The van der Waals surface area contributed by atoms with Crippen LogP contribution in [-0.4, -0.2) is 75.3 Å². The predicted molar refractivity (Wildman–Crippen MR) is 83.2 cm³/mol. The zero-order valence-electron chi connectivity index (χ0n) is 13.3. The maximum atomic E-state index is 5.25. The number of guanidine groups is 1. The van der Waals surface area contributed by atoms with E-state index >= 15 is 0 Å². The highest BCUT2D eigenvalue weighted by Gasteiger charge is 2.28. The topological polar surface area (TPSA) is 40.1 Å². The van der Waals surface area contributed by atoms with Gasteiger partial charge >= 0.3 is 0 Å². The van der Waals surface area contributed by atoms with Gasteiger partial charge in [0.25, 0.3) is 0 Å². The molecule has 2 fully saturated rings. The average molecular weight is 282 g/mol. The predicted octanol–water partition coefficient (Wildman–Crippen LogP) is 1.01. The molecule has 5 heteroatoms. The van der Waals surface area contributed by atoms with Gasteiger partial charge in [-0.25, -0.2) is 0 Å². The van der Waals surface area contributed by atoms with E-state index in [-0.39, 0.29) is 0 Å². The van der Waals surface area contributed by atoms with Crippen LogP contribution in [0.25, 0.3) is 0 Å². The highest BCUT2D eigenvalue weighted by atomic mass is 16.5. The summed E-state index contributed by atoms with van der Waals surface area (Å²) in [5.41, 5.74) is 0. The second-order valence-corrected chi connectivity index (χ2v) is 5.89. The standard InChI is InChI=1S/C15H30N4O/c1-4-18(14-5-6-14)10-8-17-15(16-2)19-9-7-13(11-19)12-20-3/h13-14H,4-12H2,1-3H3,(H,16,17). The van der Waals surface area contributed by atoms with Crippen molar-refractivity contribution in [2.45, 2.75) is 32.2 Å². The van der Waals surface area contributed by atoms with Crippen molar-refractivity contribution in [2.24, 2.45) is 10.9 Å². The molecular formula is C15H30N4O. The number of nitrogens with zero attached hydrogens (tertiary/aromatic N) is 3. The van der Waals surface area contributed by atoms with Gasteiger partial charge < -0.3 is 15.0 Å². The first-order valence-corrected chi connectivity index (χ1v) is 7.97. The van der Waals surface area contributed by atoms with Crippen LogP contribution >= 0.6 is 0 Å². The minimum absolute atomic E-state index is 0.650. The molecule has 1 saturated carbocycles. The van der Waals surface area contributed by atoms with Crippen LogP contribution in [-0.2, 0) is 4.74 Å². The number of ether oxygens (including phenoxy) is 1. The maximum Gasteiger partial charge on any atom is 0.193 e. The molecule has 1 unspecified atom stereocenters. The van der Waals surface area contributed by atoms with Gasteiger partial charge in [0.2, 0.25) is 0 Å².